The first-order valence-corrected chi connectivity index (χ1v) is 4.38. The van der Waals surface area contributed by atoms with Gasteiger partial charge < -0.3 is 5.73 Å². The molecule has 5 heteroatoms. The summed E-state index contributed by atoms with van der Waals surface area (Å²) in [6.07, 6.45) is 1.98. The predicted molar refractivity (Wildman–Crippen MR) is 38.4 cm³/mol. The summed E-state index contributed by atoms with van der Waals surface area (Å²) in [7, 11) is -2.53. The summed E-state index contributed by atoms with van der Waals surface area (Å²) in [5.74, 6) is 0. The van der Waals surface area contributed by atoms with Crippen LogP contribution >= 0.6 is 8.25 Å². The van der Waals surface area contributed by atoms with Gasteiger partial charge in [-0.05, 0) is 12.8 Å². The zero-order valence-corrected chi connectivity index (χ0v) is 6.88. The molecule has 3 N–H and O–H groups in total. The highest BCUT2D eigenvalue weighted by atomic mass is 31.1. The van der Waals surface area contributed by atoms with E-state index in [0.29, 0.717) is 6.42 Å². The van der Waals surface area contributed by atoms with E-state index in [9.17, 15) is 4.57 Å². The molecule has 0 rings (SSSR count). The van der Waals surface area contributed by atoms with Crippen molar-refractivity contribution in [3.05, 3.63) is 0 Å². The van der Waals surface area contributed by atoms with Gasteiger partial charge in [-0.15, -0.1) is 9.42 Å². The Kier molecular flexibility index (Phi) is 5.73. The molecule has 0 bridgehead atoms. The molecule has 10 heavy (non-hydrogen) atoms. The average molecular weight is 166 g/mol. The Morgan fingerprint density at radius 1 is 1.80 bits per heavy atom. The van der Waals surface area contributed by atoms with Gasteiger partial charge in [-0.1, -0.05) is 13.3 Å². The van der Waals surface area contributed by atoms with E-state index >= 15 is 0 Å². The molecule has 0 fully saturated rings. The second-order valence-electron chi connectivity index (χ2n) is 2.02. The monoisotopic (exact) mass is 166 g/mol. The van der Waals surface area contributed by atoms with Gasteiger partial charge in [0.15, 0.2) is 6.23 Å². The van der Waals surface area contributed by atoms with Crippen LogP contribution in [-0.2, 0) is 9.09 Å². The van der Waals surface area contributed by atoms with Crippen LogP contribution in [0, 0.1) is 0 Å². The summed E-state index contributed by atoms with van der Waals surface area (Å²) >= 11 is 0. The third-order valence-electron chi connectivity index (χ3n) is 1.07. The van der Waals surface area contributed by atoms with Crippen LogP contribution in [0.3, 0.4) is 0 Å². The summed E-state index contributed by atoms with van der Waals surface area (Å²) in [5.41, 5.74) is 5.29. The molecule has 0 saturated heterocycles. The molecule has 4 nitrogen and oxygen atoms in total. The molecule has 0 aliphatic heterocycles. The highest BCUT2D eigenvalue weighted by Gasteiger charge is 2.17. The maximum Gasteiger partial charge on any atom is 0.696 e. The van der Waals surface area contributed by atoms with E-state index in [1.54, 1.807) is 0 Å². The average Bonchev–Trinajstić information content (AvgIpc) is 1.82. The van der Waals surface area contributed by atoms with Gasteiger partial charge in [-0.25, -0.2) is 0 Å². The smallest absolute Gasteiger partial charge is 0.302 e. The van der Waals surface area contributed by atoms with Crippen molar-refractivity contribution >= 4 is 8.25 Å². The van der Waals surface area contributed by atoms with E-state index in [4.69, 9.17) is 10.6 Å². The summed E-state index contributed by atoms with van der Waals surface area (Å²) in [5, 5.41) is 0. The Morgan fingerprint density at radius 3 is 2.80 bits per heavy atom. The van der Waals surface area contributed by atoms with Crippen molar-refractivity contribution in [2.45, 2.75) is 32.4 Å². The highest BCUT2D eigenvalue weighted by Crippen LogP contribution is 2.17. The fraction of sp³-hybridized carbons (Fsp3) is 1.00. The minimum absolute atomic E-state index is 0.589. The quantitative estimate of drug-likeness (QED) is 0.474. The Morgan fingerprint density at radius 2 is 2.40 bits per heavy atom. The van der Waals surface area contributed by atoms with Crippen molar-refractivity contribution in [3.63, 3.8) is 0 Å². The molecule has 0 aromatic heterocycles. The van der Waals surface area contributed by atoms with Crippen molar-refractivity contribution < 1.29 is 14.0 Å². The number of nitrogens with two attached hydrogens (primary N) is 1. The topological polar surface area (TPSA) is 72.5 Å². The Bertz CT molecular complexity index is 109. The lowest BCUT2D eigenvalue weighted by molar-refractivity contribution is 0.183. The van der Waals surface area contributed by atoms with E-state index in [-0.39, 0.29) is 0 Å². The molecule has 0 aliphatic carbocycles. The maximum absolute atomic E-state index is 10.0. The minimum Gasteiger partial charge on any atom is -0.302 e. The molecule has 0 amide bonds. The molecule has 0 radical (unpaired) electrons. The second kappa shape index (κ2) is 5.74. The third-order valence-corrected chi connectivity index (χ3v) is 1.52. The van der Waals surface area contributed by atoms with Crippen LogP contribution in [0.2, 0.25) is 0 Å². The van der Waals surface area contributed by atoms with Crippen LogP contribution in [0.5, 0.6) is 0 Å². The van der Waals surface area contributed by atoms with Crippen molar-refractivity contribution in [1.82, 2.24) is 0 Å². The summed E-state index contributed by atoms with van der Waals surface area (Å²) < 4.78 is 14.4. The van der Waals surface area contributed by atoms with Crippen LogP contribution in [0.4, 0.5) is 0 Å². The Balaban J connectivity index is 3.25. The first-order valence-electron chi connectivity index (χ1n) is 3.25. The molecule has 0 aromatic rings. The third kappa shape index (κ3) is 6.11. The maximum atomic E-state index is 10.0. The van der Waals surface area contributed by atoms with Gasteiger partial charge in [-0.2, -0.15) is 0 Å². The fourth-order valence-electron chi connectivity index (χ4n) is 0.574. The van der Waals surface area contributed by atoms with Gasteiger partial charge in [0.1, 0.15) is 0 Å². The second-order valence-corrected chi connectivity index (χ2v) is 2.71. The summed E-state index contributed by atoms with van der Waals surface area (Å²) in [6.45, 7) is 2.02. The van der Waals surface area contributed by atoms with Gasteiger partial charge >= 0.3 is 8.25 Å². The fourth-order valence-corrected chi connectivity index (χ4v) is 0.911. The van der Waals surface area contributed by atoms with E-state index < -0.39 is 14.5 Å². The van der Waals surface area contributed by atoms with Gasteiger partial charge in [0.25, 0.3) is 0 Å². The predicted octanol–water partition coefficient (Wildman–Crippen LogP) is 1.13. The van der Waals surface area contributed by atoms with Crippen molar-refractivity contribution in [2.24, 2.45) is 5.73 Å². The lowest BCUT2D eigenvalue weighted by Gasteiger charge is -2.00. The van der Waals surface area contributed by atoms with Gasteiger partial charge in [0.05, 0.1) is 0 Å². The first kappa shape index (κ1) is 9.98. The summed E-state index contributed by atoms with van der Waals surface area (Å²) in [6, 6.07) is 0. The molecular formula is C5H13NO3P+. The minimum atomic E-state index is -2.53. The molecule has 0 spiro atoms. The molecular weight excluding hydrogens is 153 g/mol. The Hall–Kier alpha value is -0.0200. The zero-order chi connectivity index (χ0) is 7.98. The zero-order valence-electron chi connectivity index (χ0n) is 5.99. The highest BCUT2D eigenvalue weighted by molar-refractivity contribution is 7.32. The normalized spacial score (nSPS) is 14.9. The molecule has 60 valence electrons. The lowest BCUT2D eigenvalue weighted by Crippen LogP contribution is -2.20. The van der Waals surface area contributed by atoms with Gasteiger partial charge in [0.2, 0.25) is 0 Å². The molecule has 0 heterocycles. The summed E-state index contributed by atoms with van der Waals surface area (Å²) in [4.78, 5) is 8.23. The van der Waals surface area contributed by atoms with Crippen LogP contribution in [0.15, 0.2) is 0 Å². The van der Waals surface area contributed by atoms with E-state index in [1.807, 2.05) is 6.92 Å². The molecule has 0 aliphatic rings. The Labute approximate surface area is 61.3 Å². The van der Waals surface area contributed by atoms with Crippen molar-refractivity contribution in [2.75, 3.05) is 0 Å². The van der Waals surface area contributed by atoms with Crippen molar-refractivity contribution in [3.8, 4) is 0 Å². The van der Waals surface area contributed by atoms with Crippen molar-refractivity contribution in [1.29, 1.82) is 0 Å². The van der Waals surface area contributed by atoms with E-state index in [2.05, 4.69) is 4.52 Å². The molecule has 0 saturated carbocycles. The standard InChI is InChI=1S/C5H12NO3P/c1-2-3-4-5(6)9-10(7)8/h5H,2-4,6H2,1H3/p+1/t5-/m1/s1. The van der Waals surface area contributed by atoms with Crippen LogP contribution in [-0.4, -0.2) is 11.1 Å². The van der Waals surface area contributed by atoms with Gasteiger partial charge in [-0.3, -0.25) is 0 Å². The van der Waals surface area contributed by atoms with Crippen LogP contribution < -0.4 is 5.73 Å². The largest absolute Gasteiger partial charge is 0.696 e. The first-order chi connectivity index (χ1) is 4.66. The molecule has 1 unspecified atom stereocenters. The van der Waals surface area contributed by atoms with Gasteiger partial charge in [0, 0.05) is 4.57 Å². The van der Waals surface area contributed by atoms with E-state index in [0.717, 1.165) is 12.8 Å². The number of hydrogen-bond donors (Lipinski definition) is 2. The SMILES string of the molecule is CCCC[C@H](N)O[P+](=O)O. The lowest BCUT2D eigenvalue weighted by atomic mass is 10.2. The number of hydrogen-bond acceptors (Lipinski definition) is 3. The number of unbranched alkanes of at least 4 members (excludes halogenated alkanes) is 1. The van der Waals surface area contributed by atoms with Crippen LogP contribution in [0.25, 0.3) is 0 Å². The van der Waals surface area contributed by atoms with Crippen LogP contribution in [0.1, 0.15) is 26.2 Å². The molecule has 0 aromatic carbocycles. The number of rotatable bonds is 5. The van der Waals surface area contributed by atoms with E-state index in [1.165, 1.54) is 0 Å². The molecule has 2 atom stereocenters.